The van der Waals surface area contributed by atoms with Crippen LogP contribution in [0.5, 0.6) is 0 Å². The fourth-order valence-corrected chi connectivity index (χ4v) is 3.43. The third kappa shape index (κ3) is 4.02. The molecule has 106 valence electrons. The molecule has 1 aromatic carbocycles. The van der Waals surface area contributed by atoms with Crippen molar-refractivity contribution in [3.05, 3.63) is 28.7 Å². The molecular formula is C12H17BrN2O3S. The summed E-state index contributed by atoms with van der Waals surface area (Å²) in [4.78, 5) is 13.2. The second-order valence-electron chi connectivity index (χ2n) is 4.18. The van der Waals surface area contributed by atoms with Crippen LogP contribution < -0.4 is 0 Å². The van der Waals surface area contributed by atoms with Crippen molar-refractivity contribution in [2.24, 2.45) is 0 Å². The molecule has 0 fully saturated rings. The van der Waals surface area contributed by atoms with E-state index in [-0.39, 0.29) is 23.9 Å². The first-order valence-corrected chi connectivity index (χ1v) is 7.98. The Morgan fingerprint density at radius 3 is 2.42 bits per heavy atom. The molecule has 0 saturated heterocycles. The van der Waals surface area contributed by atoms with E-state index in [4.69, 9.17) is 0 Å². The second kappa shape index (κ2) is 6.49. The molecule has 0 aromatic heterocycles. The van der Waals surface area contributed by atoms with Gasteiger partial charge in [-0.2, -0.15) is 4.31 Å². The van der Waals surface area contributed by atoms with Gasteiger partial charge in [0.05, 0.1) is 11.4 Å². The third-order valence-corrected chi connectivity index (χ3v) is 5.01. The smallest absolute Gasteiger partial charge is 0.243 e. The zero-order valence-corrected chi connectivity index (χ0v) is 13.5. The molecule has 0 aliphatic carbocycles. The summed E-state index contributed by atoms with van der Waals surface area (Å²) in [6.45, 7) is 1.80. The number of nitrogens with zero attached hydrogens (tertiary/aromatic N) is 2. The van der Waals surface area contributed by atoms with Crippen LogP contribution in [0.4, 0.5) is 0 Å². The van der Waals surface area contributed by atoms with Crippen molar-refractivity contribution in [3.8, 4) is 0 Å². The molecule has 0 saturated carbocycles. The van der Waals surface area contributed by atoms with Gasteiger partial charge in [-0.25, -0.2) is 8.42 Å². The standard InChI is InChI=1S/C12H17BrN2O3S/c1-4-15(9-12(16)14(2)3)19(17,18)11-7-5-6-10(13)8-11/h5-8H,4,9H2,1-3H3. The van der Waals surface area contributed by atoms with Crippen molar-refractivity contribution in [3.63, 3.8) is 0 Å². The Hall–Kier alpha value is -0.920. The van der Waals surface area contributed by atoms with E-state index < -0.39 is 10.0 Å². The number of likely N-dealkylation sites (N-methyl/N-ethyl adjacent to an activating group) is 2. The molecule has 7 heteroatoms. The highest BCUT2D eigenvalue weighted by atomic mass is 79.9. The molecule has 0 aliphatic heterocycles. The summed E-state index contributed by atoms with van der Waals surface area (Å²) in [7, 11) is -0.448. The fraction of sp³-hybridized carbons (Fsp3) is 0.417. The van der Waals surface area contributed by atoms with E-state index in [0.29, 0.717) is 4.47 Å². The van der Waals surface area contributed by atoms with Crippen LogP contribution in [-0.4, -0.2) is 50.7 Å². The van der Waals surface area contributed by atoms with Crippen LogP contribution in [0.1, 0.15) is 6.92 Å². The van der Waals surface area contributed by atoms with Crippen molar-refractivity contribution >= 4 is 31.9 Å². The number of sulfonamides is 1. The van der Waals surface area contributed by atoms with Gasteiger partial charge in [0.25, 0.3) is 0 Å². The highest BCUT2D eigenvalue weighted by Gasteiger charge is 2.25. The van der Waals surface area contributed by atoms with E-state index in [1.807, 2.05) is 0 Å². The molecule has 0 bridgehead atoms. The number of carbonyl (C=O) groups excluding carboxylic acids is 1. The van der Waals surface area contributed by atoms with Crippen LogP contribution in [0, 0.1) is 0 Å². The van der Waals surface area contributed by atoms with Gasteiger partial charge in [0.1, 0.15) is 0 Å². The molecule has 0 heterocycles. The average molecular weight is 349 g/mol. The Balaban J connectivity index is 3.06. The summed E-state index contributed by atoms with van der Waals surface area (Å²) in [6, 6.07) is 6.44. The third-order valence-electron chi connectivity index (χ3n) is 2.60. The average Bonchev–Trinajstić information content (AvgIpc) is 2.35. The lowest BCUT2D eigenvalue weighted by Crippen LogP contribution is -2.40. The lowest BCUT2D eigenvalue weighted by atomic mass is 10.4. The van der Waals surface area contributed by atoms with Crippen LogP contribution in [0.3, 0.4) is 0 Å². The molecule has 1 amide bonds. The second-order valence-corrected chi connectivity index (χ2v) is 7.03. The maximum Gasteiger partial charge on any atom is 0.243 e. The van der Waals surface area contributed by atoms with Gasteiger partial charge in [-0.15, -0.1) is 0 Å². The minimum absolute atomic E-state index is 0.154. The molecular weight excluding hydrogens is 332 g/mol. The number of carbonyl (C=O) groups is 1. The molecule has 19 heavy (non-hydrogen) atoms. The van der Waals surface area contributed by atoms with Gasteiger partial charge < -0.3 is 4.90 Å². The van der Waals surface area contributed by atoms with E-state index in [1.165, 1.54) is 17.0 Å². The topological polar surface area (TPSA) is 57.7 Å². The summed E-state index contributed by atoms with van der Waals surface area (Å²) in [6.07, 6.45) is 0. The molecule has 0 spiro atoms. The lowest BCUT2D eigenvalue weighted by Gasteiger charge is -2.21. The minimum Gasteiger partial charge on any atom is -0.348 e. The fourth-order valence-electron chi connectivity index (χ4n) is 1.44. The number of hydrogen-bond acceptors (Lipinski definition) is 3. The van der Waals surface area contributed by atoms with Gasteiger partial charge in [-0.3, -0.25) is 4.79 Å². The monoisotopic (exact) mass is 348 g/mol. The van der Waals surface area contributed by atoms with Crippen molar-refractivity contribution in [1.82, 2.24) is 9.21 Å². The Kier molecular flexibility index (Phi) is 5.51. The van der Waals surface area contributed by atoms with E-state index in [2.05, 4.69) is 15.9 Å². The van der Waals surface area contributed by atoms with E-state index in [0.717, 1.165) is 4.31 Å². The molecule has 0 aliphatic rings. The molecule has 0 unspecified atom stereocenters. The first-order chi connectivity index (χ1) is 8.78. The van der Waals surface area contributed by atoms with Crippen LogP contribution in [0.25, 0.3) is 0 Å². The van der Waals surface area contributed by atoms with E-state index >= 15 is 0 Å². The summed E-state index contributed by atoms with van der Waals surface area (Å²) in [5.74, 6) is -0.250. The summed E-state index contributed by atoms with van der Waals surface area (Å²) < 4.78 is 26.7. The number of halogens is 1. The Bertz CT molecular complexity index is 558. The summed E-state index contributed by atoms with van der Waals surface area (Å²) >= 11 is 3.24. The highest BCUT2D eigenvalue weighted by Crippen LogP contribution is 2.19. The van der Waals surface area contributed by atoms with E-state index in [1.54, 1.807) is 33.2 Å². The number of rotatable bonds is 5. The molecule has 0 radical (unpaired) electrons. The highest BCUT2D eigenvalue weighted by molar-refractivity contribution is 9.10. The number of amides is 1. The van der Waals surface area contributed by atoms with Crippen LogP contribution in [0.2, 0.25) is 0 Å². The first kappa shape index (κ1) is 16.1. The van der Waals surface area contributed by atoms with Gasteiger partial charge >= 0.3 is 0 Å². The number of benzene rings is 1. The number of hydrogen-bond donors (Lipinski definition) is 0. The molecule has 5 nitrogen and oxygen atoms in total. The maximum absolute atomic E-state index is 12.4. The Morgan fingerprint density at radius 1 is 1.32 bits per heavy atom. The molecule has 0 atom stereocenters. The molecule has 1 aromatic rings. The van der Waals surface area contributed by atoms with Gasteiger partial charge in [0.15, 0.2) is 0 Å². The van der Waals surface area contributed by atoms with Crippen LogP contribution in [-0.2, 0) is 14.8 Å². The summed E-state index contributed by atoms with van der Waals surface area (Å²) in [5, 5.41) is 0. The normalized spacial score (nSPS) is 11.6. The van der Waals surface area contributed by atoms with Crippen molar-refractivity contribution in [1.29, 1.82) is 0 Å². The predicted octanol–water partition coefficient (Wildman–Crippen LogP) is 1.55. The van der Waals surface area contributed by atoms with Gasteiger partial charge in [-0.1, -0.05) is 28.9 Å². The van der Waals surface area contributed by atoms with Gasteiger partial charge in [0, 0.05) is 25.1 Å². The van der Waals surface area contributed by atoms with Crippen molar-refractivity contribution < 1.29 is 13.2 Å². The zero-order valence-electron chi connectivity index (χ0n) is 11.1. The molecule has 1 rings (SSSR count). The zero-order chi connectivity index (χ0) is 14.6. The predicted molar refractivity (Wildman–Crippen MR) is 77.3 cm³/mol. The molecule has 0 N–H and O–H groups in total. The van der Waals surface area contributed by atoms with Crippen molar-refractivity contribution in [2.45, 2.75) is 11.8 Å². The quantitative estimate of drug-likeness (QED) is 0.811. The Morgan fingerprint density at radius 2 is 1.95 bits per heavy atom. The van der Waals surface area contributed by atoms with Gasteiger partial charge in [-0.05, 0) is 18.2 Å². The van der Waals surface area contributed by atoms with Crippen LogP contribution >= 0.6 is 15.9 Å². The first-order valence-electron chi connectivity index (χ1n) is 5.75. The SMILES string of the molecule is CCN(CC(=O)N(C)C)S(=O)(=O)c1cccc(Br)c1. The maximum atomic E-state index is 12.4. The summed E-state index contributed by atoms with van der Waals surface area (Å²) in [5.41, 5.74) is 0. The largest absolute Gasteiger partial charge is 0.348 e. The minimum atomic E-state index is -3.65. The van der Waals surface area contributed by atoms with Gasteiger partial charge in [0.2, 0.25) is 15.9 Å². The van der Waals surface area contributed by atoms with Crippen molar-refractivity contribution in [2.75, 3.05) is 27.2 Å². The lowest BCUT2D eigenvalue weighted by molar-refractivity contribution is -0.128. The van der Waals surface area contributed by atoms with Crippen LogP contribution in [0.15, 0.2) is 33.6 Å². The van der Waals surface area contributed by atoms with E-state index in [9.17, 15) is 13.2 Å². The Labute approximate surface area is 122 Å².